The normalized spacial score (nSPS) is 13.0. The Hall–Kier alpha value is -1.34. The largest absolute Gasteiger partial charge is 0.330 e. The first-order valence-corrected chi connectivity index (χ1v) is 5.00. The quantitative estimate of drug-likeness (QED) is 0.765. The molecule has 2 rings (SSSR count). The zero-order chi connectivity index (χ0) is 9.97. The molecular formula is C13H15N. The molecule has 72 valence electrons. The van der Waals surface area contributed by atoms with Gasteiger partial charge < -0.3 is 5.73 Å². The summed E-state index contributed by atoms with van der Waals surface area (Å²) in [6, 6.07) is 15.0. The van der Waals surface area contributed by atoms with Gasteiger partial charge in [-0.25, -0.2) is 0 Å². The predicted molar refractivity (Wildman–Crippen MR) is 61.4 cm³/mol. The molecule has 0 aromatic heterocycles. The van der Waals surface area contributed by atoms with Crippen LogP contribution in [0.1, 0.15) is 18.4 Å². The fourth-order valence-electron chi connectivity index (χ4n) is 1.65. The molecule has 0 aliphatic heterocycles. The van der Waals surface area contributed by atoms with E-state index >= 15 is 0 Å². The molecular weight excluding hydrogens is 170 g/mol. The van der Waals surface area contributed by atoms with E-state index in [2.05, 4.69) is 49.4 Å². The van der Waals surface area contributed by atoms with Crippen molar-refractivity contribution in [1.29, 1.82) is 0 Å². The van der Waals surface area contributed by atoms with Crippen LogP contribution < -0.4 is 5.73 Å². The van der Waals surface area contributed by atoms with Crippen molar-refractivity contribution in [2.45, 2.75) is 12.8 Å². The second kappa shape index (κ2) is 3.81. The third-order valence-corrected chi connectivity index (χ3v) is 2.70. The Bertz CT molecular complexity index is 434. The molecule has 0 spiro atoms. The highest BCUT2D eigenvalue weighted by Crippen LogP contribution is 2.20. The SMILES string of the molecule is C[C@H](CN)c1ccc2ccccc2c1. The third-order valence-electron chi connectivity index (χ3n) is 2.70. The van der Waals surface area contributed by atoms with E-state index in [0.717, 1.165) is 0 Å². The summed E-state index contributed by atoms with van der Waals surface area (Å²) in [5, 5.41) is 2.59. The van der Waals surface area contributed by atoms with E-state index in [1.807, 2.05) is 0 Å². The Morgan fingerprint density at radius 2 is 1.79 bits per heavy atom. The summed E-state index contributed by atoms with van der Waals surface area (Å²) >= 11 is 0. The first kappa shape index (κ1) is 9.22. The van der Waals surface area contributed by atoms with Crippen LogP contribution in [0.5, 0.6) is 0 Å². The van der Waals surface area contributed by atoms with E-state index < -0.39 is 0 Å². The van der Waals surface area contributed by atoms with Crippen LogP contribution in [0.3, 0.4) is 0 Å². The molecule has 2 N–H and O–H groups in total. The van der Waals surface area contributed by atoms with E-state index in [9.17, 15) is 0 Å². The smallest absolute Gasteiger partial charge is 0.00109 e. The molecule has 0 fully saturated rings. The van der Waals surface area contributed by atoms with Crippen LogP contribution in [0.2, 0.25) is 0 Å². The molecule has 2 aromatic rings. The minimum atomic E-state index is 0.444. The lowest BCUT2D eigenvalue weighted by molar-refractivity contribution is 0.775. The van der Waals surface area contributed by atoms with Crippen LogP contribution in [0.15, 0.2) is 42.5 Å². The van der Waals surface area contributed by atoms with Gasteiger partial charge in [-0.05, 0) is 28.8 Å². The third kappa shape index (κ3) is 1.64. The average Bonchev–Trinajstić information content (AvgIpc) is 2.27. The molecule has 0 amide bonds. The lowest BCUT2D eigenvalue weighted by Gasteiger charge is -2.09. The summed E-state index contributed by atoms with van der Waals surface area (Å²) in [5.41, 5.74) is 6.97. The second-order valence-corrected chi connectivity index (χ2v) is 3.74. The van der Waals surface area contributed by atoms with Gasteiger partial charge in [-0.1, -0.05) is 49.4 Å². The Morgan fingerprint density at radius 3 is 2.50 bits per heavy atom. The van der Waals surface area contributed by atoms with E-state index in [-0.39, 0.29) is 0 Å². The number of nitrogens with two attached hydrogens (primary N) is 1. The van der Waals surface area contributed by atoms with Gasteiger partial charge in [-0.15, -0.1) is 0 Å². The summed E-state index contributed by atoms with van der Waals surface area (Å²) in [6.07, 6.45) is 0. The van der Waals surface area contributed by atoms with Crippen LogP contribution in [0, 0.1) is 0 Å². The monoisotopic (exact) mass is 185 g/mol. The molecule has 0 aliphatic carbocycles. The molecule has 2 aromatic carbocycles. The lowest BCUT2D eigenvalue weighted by Crippen LogP contribution is -2.08. The van der Waals surface area contributed by atoms with Gasteiger partial charge in [0.1, 0.15) is 0 Å². The van der Waals surface area contributed by atoms with Gasteiger partial charge in [0.05, 0.1) is 0 Å². The van der Waals surface area contributed by atoms with Crippen LogP contribution in [0.4, 0.5) is 0 Å². The fourth-order valence-corrected chi connectivity index (χ4v) is 1.65. The van der Waals surface area contributed by atoms with Crippen LogP contribution in [-0.4, -0.2) is 6.54 Å². The number of hydrogen-bond donors (Lipinski definition) is 1. The van der Waals surface area contributed by atoms with Gasteiger partial charge in [0.2, 0.25) is 0 Å². The summed E-state index contributed by atoms with van der Waals surface area (Å²) in [5.74, 6) is 0.444. The van der Waals surface area contributed by atoms with Crippen molar-refractivity contribution in [3.63, 3.8) is 0 Å². The standard InChI is InChI=1S/C13H15N/c1-10(9-14)12-7-6-11-4-2-3-5-13(11)8-12/h2-8,10H,9,14H2,1H3/t10-/m1/s1. The highest BCUT2D eigenvalue weighted by molar-refractivity contribution is 5.83. The maximum atomic E-state index is 5.65. The van der Waals surface area contributed by atoms with Crippen LogP contribution in [0.25, 0.3) is 10.8 Å². The highest BCUT2D eigenvalue weighted by atomic mass is 14.5. The minimum absolute atomic E-state index is 0.444. The maximum absolute atomic E-state index is 5.65. The topological polar surface area (TPSA) is 26.0 Å². The van der Waals surface area contributed by atoms with E-state index in [1.54, 1.807) is 0 Å². The summed E-state index contributed by atoms with van der Waals surface area (Å²) in [7, 11) is 0. The number of hydrogen-bond acceptors (Lipinski definition) is 1. The van der Waals surface area contributed by atoms with Gasteiger partial charge in [0, 0.05) is 0 Å². The molecule has 0 radical (unpaired) electrons. The Kier molecular flexibility index (Phi) is 2.51. The number of fused-ring (bicyclic) bond motifs is 1. The van der Waals surface area contributed by atoms with Crippen molar-refractivity contribution >= 4 is 10.8 Å². The predicted octanol–water partition coefficient (Wildman–Crippen LogP) is 2.90. The van der Waals surface area contributed by atoms with Crippen LogP contribution >= 0.6 is 0 Å². The van der Waals surface area contributed by atoms with E-state index in [0.29, 0.717) is 12.5 Å². The minimum Gasteiger partial charge on any atom is -0.330 e. The van der Waals surface area contributed by atoms with Crippen LogP contribution in [-0.2, 0) is 0 Å². The molecule has 0 heterocycles. The zero-order valence-corrected chi connectivity index (χ0v) is 8.40. The van der Waals surface area contributed by atoms with Gasteiger partial charge in [-0.3, -0.25) is 0 Å². The van der Waals surface area contributed by atoms with Crippen molar-refractivity contribution < 1.29 is 0 Å². The number of benzene rings is 2. The fraction of sp³-hybridized carbons (Fsp3) is 0.231. The molecule has 1 nitrogen and oxygen atoms in total. The Morgan fingerprint density at radius 1 is 1.07 bits per heavy atom. The van der Waals surface area contributed by atoms with E-state index in [4.69, 9.17) is 5.73 Å². The molecule has 0 unspecified atom stereocenters. The molecule has 14 heavy (non-hydrogen) atoms. The van der Waals surface area contributed by atoms with Crippen molar-refractivity contribution in [3.05, 3.63) is 48.0 Å². The van der Waals surface area contributed by atoms with Crippen molar-refractivity contribution in [2.75, 3.05) is 6.54 Å². The lowest BCUT2D eigenvalue weighted by atomic mass is 9.98. The molecule has 0 saturated heterocycles. The summed E-state index contributed by atoms with van der Waals surface area (Å²) < 4.78 is 0. The van der Waals surface area contributed by atoms with Gasteiger partial charge in [0.25, 0.3) is 0 Å². The van der Waals surface area contributed by atoms with Crippen molar-refractivity contribution in [2.24, 2.45) is 5.73 Å². The number of rotatable bonds is 2. The average molecular weight is 185 g/mol. The summed E-state index contributed by atoms with van der Waals surface area (Å²) in [4.78, 5) is 0. The second-order valence-electron chi connectivity index (χ2n) is 3.74. The maximum Gasteiger partial charge on any atom is -0.00109 e. The molecule has 0 aliphatic rings. The first-order valence-electron chi connectivity index (χ1n) is 5.00. The first-order chi connectivity index (χ1) is 6.81. The highest BCUT2D eigenvalue weighted by Gasteiger charge is 2.02. The zero-order valence-electron chi connectivity index (χ0n) is 8.40. The van der Waals surface area contributed by atoms with Gasteiger partial charge in [-0.2, -0.15) is 0 Å². The summed E-state index contributed by atoms with van der Waals surface area (Å²) in [6.45, 7) is 2.86. The van der Waals surface area contributed by atoms with Crippen molar-refractivity contribution in [1.82, 2.24) is 0 Å². The molecule has 1 heteroatoms. The van der Waals surface area contributed by atoms with E-state index in [1.165, 1.54) is 16.3 Å². The van der Waals surface area contributed by atoms with Crippen molar-refractivity contribution in [3.8, 4) is 0 Å². The molecule has 0 bridgehead atoms. The Labute approximate surface area is 84.5 Å². The molecule has 1 atom stereocenters. The Balaban J connectivity index is 2.51. The molecule has 0 saturated carbocycles. The van der Waals surface area contributed by atoms with Gasteiger partial charge in [0.15, 0.2) is 0 Å². The van der Waals surface area contributed by atoms with Gasteiger partial charge >= 0.3 is 0 Å².